The van der Waals surface area contributed by atoms with E-state index in [0.717, 1.165) is 0 Å². The highest BCUT2D eigenvalue weighted by Gasteiger charge is 2.29. The van der Waals surface area contributed by atoms with Crippen molar-refractivity contribution in [3.8, 4) is 0 Å². The van der Waals surface area contributed by atoms with Gasteiger partial charge in [-0.25, -0.2) is 0 Å². The molecular weight excluding hydrogens is 192 g/mol. The van der Waals surface area contributed by atoms with Gasteiger partial charge in [0.2, 0.25) is 0 Å². The van der Waals surface area contributed by atoms with Crippen molar-refractivity contribution in [2.24, 2.45) is 0 Å². The lowest BCUT2D eigenvalue weighted by Crippen LogP contribution is -2.32. The van der Waals surface area contributed by atoms with Crippen LogP contribution in [0.25, 0.3) is 0 Å². The van der Waals surface area contributed by atoms with Gasteiger partial charge in [0.15, 0.2) is 0 Å². The molecule has 3 unspecified atom stereocenters. The summed E-state index contributed by atoms with van der Waals surface area (Å²) < 4.78 is 0. The average molecular weight is 209 g/mol. The average Bonchev–Trinajstić information content (AvgIpc) is 2.27. The van der Waals surface area contributed by atoms with E-state index >= 15 is 0 Å². The second-order valence-corrected chi connectivity index (χ2v) is 3.02. The Morgan fingerprint density at radius 1 is 0.800 bits per heavy atom. The molecule has 0 aliphatic heterocycles. The van der Waals surface area contributed by atoms with E-state index in [1.807, 2.05) is 0 Å². The molecule has 0 bridgehead atoms. The molecule has 0 rings (SSSR count). The Hall–Kier alpha value is -1.16. The smallest absolute Gasteiger partial charge is 0.0934 e. The predicted molar refractivity (Wildman–Crippen MR) is 61.0 cm³/mol. The van der Waals surface area contributed by atoms with Crippen molar-refractivity contribution in [3.05, 3.63) is 56.0 Å². The SMILES string of the molecule is C=CC(O)[C](C(=C)C(O)C=C)C(O)C=C. The molecule has 0 fully saturated rings. The predicted octanol–water partition coefficient (Wildman–Crippen LogP) is 0.758. The van der Waals surface area contributed by atoms with Crippen LogP contribution in [0.4, 0.5) is 0 Å². The van der Waals surface area contributed by atoms with Crippen LogP contribution >= 0.6 is 0 Å². The lowest BCUT2D eigenvalue weighted by atomic mass is 9.85. The van der Waals surface area contributed by atoms with Crippen molar-refractivity contribution in [2.45, 2.75) is 18.3 Å². The van der Waals surface area contributed by atoms with Gasteiger partial charge in [0.05, 0.1) is 24.2 Å². The zero-order valence-electron chi connectivity index (χ0n) is 8.63. The van der Waals surface area contributed by atoms with E-state index in [4.69, 9.17) is 0 Å². The van der Waals surface area contributed by atoms with Crippen LogP contribution in [0.3, 0.4) is 0 Å². The second-order valence-electron chi connectivity index (χ2n) is 3.02. The first kappa shape index (κ1) is 13.8. The first-order valence-electron chi connectivity index (χ1n) is 4.47. The molecule has 0 aliphatic carbocycles. The maximum absolute atomic E-state index is 9.56. The molecule has 0 aliphatic rings. The monoisotopic (exact) mass is 209 g/mol. The van der Waals surface area contributed by atoms with E-state index in [1.165, 1.54) is 18.2 Å². The van der Waals surface area contributed by atoms with Gasteiger partial charge in [0, 0.05) is 0 Å². The van der Waals surface area contributed by atoms with Crippen molar-refractivity contribution in [3.63, 3.8) is 0 Å². The third-order valence-electron chi connectivity index (χ3n) is 2.03. The Kier molecular flexibility index (Phi) is 5.86. The topological polar surface area (TPSA) is 60.7 Å². The zero-order chi connectivity index (χ0) is 12.0. The second kappa shape index (κ2) is 6.35. The van der Waals surface area contributed by atoms with Crippen molar-refractivity contribution in [2.75, 3.05) is 0 Å². The van der Waals surface area contributed by atoms with E-state index < -0.39 is 18.3 Å². The quantitative estimate of drug-likeness (QED) is 0.542. The van der Waals surface area contributed by atoms with Crippen LogP contribution in [0.1, 0.15) is 0 Å². The maximum Gasteiger partial charge on any atom is 0.0934 e. The molecule has 1 radical (unpaired) electrons. The van der Waals surface area contributed by atoms with Crippen LogP contribution in [-0.2, 0) is 0 Å². The van der Waals surface area contributed by atoms with Gasteiger partial charge in [-0.1, -0.05) is 24.8 Å². The highest BCUT2D eigenvalue weighted by Crippen LogP contribution is 2.25. The summed E-state index contributed by atoms with van der Waals surface area (Å²) in [6.45, 7) is 13.8. The third-order valence-corrected chi connectivity index (χ3v) is 2.03. The van der Waals surface area contributed by atoms with Crippen LogP contribution in [0, 0.1) is 5.92 Å². The highest BCUT2D eigenvalue weighted by molar-refractivity contribution is 5.37. The van der Waals surface area contributed by atoms with Crippen molar-refractivity contribution < 1.29 is 15.3 Å². The van der Waals surface area contributed by atoms with Gasteiger partial charge in [0.1, 0.15) is 0 Å². The lowest BCUT2D eigenvalue weighted by molar-refractivity contribution is 0.153. The molecular formula is C12H17O3. The fourth-order valence-corrected chi connectivity index (χ4v) is 1.12. The molecule has 0 aromatic carbocycles. The minimum Gasteiger partial charge on any atom is -0.388 e. The van der Waals surface area contributed by atoms with Gasteiger partial charge in [-0.15, -0.1) is 19.7 Å². The van der Waals surface area contributed by atoms with E-state index in [0.29, 0.717) is 0 Å². The normalized spacial score (nSPS) is 16.5. The molecule has 0 amide bonds. The number of hydrogen-bond donors (Lipinski definition) is 3. The largest absolute Gasteiger partial charge is 0.388 e. The summed E-state index contributed by atoms with van der Waals surface area (Å²) in [5, 5.41) is 28.6. The first-order valence-corrected chi connectivity index (χ1v) is 4.47. The summed E-state index contributed by atoms with van der Waals surface area (Å²) in [6, 6.07) is 0. The van der Waals surface area contributed by atoms with Crippen LogP contribution in [0.2, 0.25) is 0 Å². The molecule has 0 aromatic rings. The summed E-state index contributed by atoms with van der Waals surface area (Å²) in [4.78, 5) is 0. The van der Waals surface area contributed by atoms with Crippen LogP contribution < -0.4 is 0 Å². The van der Waals surface area contributed by atoms with E-state index in [2.05, 4.69) is 26.3 Å². The van der Waals surface area contributed by atoms with Crippen LogP contribution in [0.15, 0.2) is 50.1 Å². The Morgan fingerprint density at radius 2 is 1.13 bits per heavy atom. The first-order chi connectivity index (χ1) is 6.99. The third kappa shape index (κ3) is 3.47. The molecule has 15 heavy (non-hydrogen) atoms. The van der Waals surface area contributed by atoms with E-state index in [1.54, 1.807) is 0 Å². The van der Waals surface area contributed by atoms with Gasteiger partial charge in [-0.3, -0.25) is 0 Å². The van der Waals surface area contributed by atoms with E-state index in [9.17, 15) is 15.3 Å². The number of aliphatic hydroxyl groups excluding tert-OH is 3. The number of rotatable bonds is 7. The molecule has 0 saturated carbocycles. The Labute approximate surface area is 90.4 Å². The van der Waals surface area contributed by atoms with Gasteiger partial charge in [-0.05, 0) is 5.57 Å². The number of aliphatic hydroxyl groups is 3. The molecule has 0 heterocycles. The molecule has 0 aromatic heterocycles. The van der Waals surface area contributed by atoms with Crippen molar-refractivity contribution in [1.29, 1.82) is 0 Å². The van der Waals surface area contributed by atoms with Crippen LogP contribution in [0.5, 0.6) is 0 Å². The Morgan fingerprint density at radius 3 is 1.40 bits per heavy atom. The minimum atomic E-state index is -1.07. The molecule has 0 saturated heterocycles. The summed E-state index contributed by atoms with van der Waals surface area (Å²) in [6.07, 6.45) is 0.587. The van der Waals surface area contributed by atoms with Gasteiger partial charge in [0.25, 0.3) is 0 Å². The maximum atomic E-state index is 9.56. The van der Waals surface area contributed by atoms with Gasteiger partial charge >= 0.3 is 0 Å². The molecule has 3 heteroatoms. The van der Waals surface area contributed by atoms with Gasteiger partial charge < -0.3 is 15.3 Å². The van der Waals surface area contributed by atoms with Crippen molar-refractivity contribution in [1.82, 2.24) is 0 Å². The lowest BCUT2D eigenvalue weighted by Gasteiger charge is -2.26. The fraction of sp³-hybridized carbons (Fsp3) is 0.250. The molecule has 3 nitrogen and oxygen atoms in total. The minimum absolute atomic E-state index is 0.174. The fourth-order valence-electron chi connectivity index (χ4n) is 1.12. The summed E-state index contributed by atoms with van der Waals surface area (Å²) in [5.41, 5.74) is 0.199. The molecule has 0 spiro atoms. The zero-order valence-corrected chi connectivity index (χ0v) is 8.63. The van der Waals surface area contributed by atoms with E-state index in [-0.39, 0.29) is 11.5 Å². The standard InChI is InChI=1S/C12H17O3/c1-5-9(13)8(4)12(10(14)6-2)11(15)7-3/h5-7,9-11,13-15H,1-4H2. The molecule has 3 N–H and O–H groups in total. The van der Waals surface area contributed by atoms with Crippen LogP contribution in [-0.4, -0.2) is 33.6 Å². The summed E-state index contributed by atoms with van der Waals surface area (Å²) in [5.74, 6) is 0.174. The molecule has 83 valence electrons. The van der Waals surface area contributed by atoms with Crippen molar-refractivity contribution >= 4 is 0 Å². The summed E-state index contributed by atoms with van der Waals surface area (Å²) >= 11 is 0. The molecule has 3 atom stereocenters. The Balaban J connectivity index is 4.92. The summed E-state index contributed by atoms with van der Waals surface area (Å²) in [7, 11) is 0. The Bertz CT molecular complexity index is 244. The van der Waals surface area contributed by atoms with Gasteiger partial charge in [-0.2, -0.15) is 0 Å². The highest BCUT2D eigenvalue weighted by atomic mass is 16.3. The number of hydrogen-bond acceptors (Lipinski definition) is 3.